The van der Waals surface area contributed by atoms with E-state index in [2.05, 4.69) is 24.0 Å². The summed E-state index contributed by atoms with van der Waals surface area (Å²) in [6.45, 7) is 4.70. The van der Waals surface area contributed by atoms with Crippen molar-refractivity contribution in [3.05, 3.63) is 29.3 Å². The van der Waals surface area contributed by atoms with Gasteiger partial charge < -0.3 is 4.74 Å². The van der Waals surface area contributed by atoms with Crippen LogP contribution in [0, 0.1) is 6.92 Å². The Morgan fingerprint density at radius 3 is 2.65 bits per heavy atom. The lowest BCUT2D eigenvalue weighted by Crippen LogP contribution is -2.33. The number of methoxy groups -OCH3 is 1. The molecule has 0 radical (unpaired) electrons. The molecule has 1 aliphatic rings. The van der Waals surface area contributed by atoms with Gasteiger partial charge in [-0.2, -0.15) is 0 Å². The first-order chi connectivity index (χ1) is 8.19. The van der Waals surface area contributed by atoms with Gasteiger partial charge in [0.1, 0.15) is 11.5 Å². The van der Waals surface area contributed by atoms with Gasteiger partial charge in [0.2, 0.25) is 0 Å². The van der Waals surface area contributed by atoms with Crippen molar-refractivity contribution in [2.45, 2.75) is 26.3 Å². The fourth-order valence-electron chi connectivity index (χ4n) is 2.23. The van der Waals surface area contributed by atoms with E-state index in [1.807, 2.05) is 6.07 Å². The average Bonchev–Trinajstić information content (AvgIpc) is 2.32. The summed E-state index contributed by atoms with van der Waals surface area (Å²) in [5.74, 6) is 1.32. The number of Topliss-reactive ketones (excluding diaryl/α,β-unsaturated/α-hetero) is 1. The normalized spacial score (nSPS) is 17.2. The molecular weight excluding hydrogens is 214 g/mol. The van der Waals surface area contributed by atoms with Gasteiger partial charge in [0, 0.05) is 38.0 Å². The minimum atomic E-state index is 0.387. The number of nitrogens with zero attached hydrogens (tertiary/aromatic N) is 1. The molecule has 3 nitrogen and oxygen atoms in total. The van der Waals surface area contributed by atoms with Crippen LogP contribution in [0.25, 0.3) is 0 Å². The molecule has 1 heterocycles. The fraction of sp³-hybridized carbons (Fsp3) is 0.500. The van der Waals surface area contributed by atoms with Gasteiger partial charge in [0.15, 0.2) is 0 Å². The summed E-state index contributed by atoms with van der Waals surface area (Å²) in [5, 5.41) is 0. The molecule has 0 aliphatic carbocycles. The molecule has 0 unspecified atom stereocenters. The van der Waals surface area contributed by atoms with Crippen molar-refractivity contribution < 1.29 is 9.53 Å². The Morgan fingerprint density at radius 1 is 1.29 bits per heavy atom. The highest BCUT2D eigenvalue weighted by Gasteiger charge is 2.17. The zero-order chi connectivity index (χ0) is 12.3. The Labute approximate surface area is 102 Å². The number of carbonyl (C=O) groups excluding carboxylic acids is 1. The van der Waals surface area contributed by atoms with Crippen molar-refractivity contribution in [1.29, 1.82) is 0 Å². The van der Waals surface area contributed by atoms with E-state index in [0.29, 0.717) is 18.6 Å². The van der Waals surface area contributed by atoms with Crippen LogP contribution in [0.5, 0.6) is 5.75 Å². The molecule has 1 aromatic rings. The predicted octanol–water partition coefficient (Wildman–Crippen LogP) is 2.17. The van der Waals surface area contributed by atoms with Gasteiger partial charge in [-0.1, -0.05) is 17.7 Å². The van der Waals surface area contributed by atoms with E-state index in [1.165, 1.54) is 11.1 Å². The van der Waals surface area contributed by atoms with Gasteiger partial charge in [0.25, 0.3) is 0 Å². The lowest BCUT2D eigenvalue weighted by Gasteiger charge is -2.26. The zero-order valence-corrected chi connectivity index (χ0v) is 10.5. The summed E-state index contributed by atoms with van der Waals surface area (Å²) in [6, 6.07) is 6.23. The number of rotatable bonds is 3. The third-order valence-electron chi connectivity index (χ3n) is 3.24. The highest BCUT2D eigenvalue weighted by Crippen LogP contribution is 2.22. The molecule has 0 saturated carbocycles. The molecule has 17 heavy (non-hydrogen) atoms. The Hall–Kier alpha value is -1.35. The molecule has 0 amide bonds. The maximum Gasteiger partial charge on any atom is 0.135 e. The topological polar surface area (TPSA) is 29.5 Å². The summed E-state index contributed by atoms with van der Waals surface area (Å²) in [6.07, 6.45) is 1.38. The lowest BCUT2D eigenvalue weighted by atomic mass is 10.1. The summed E-state index contributed by atoms with van der Waals surface area (Å²) in [4.78, 5) is 13.5. The molecule has 0 bridgehead atoms. The number of benzene rings is 1. The molecule has 1 fully saturated rings. The van der Waals surface area contributed by atoms with Crippen LogP contribution in [-0.2, 0) is 11.3 Å². The van der Waals surface area contributed by atoms with E-state index < -0.39 is 0 Å². The van der Waals surface area contributed by atoms with Gasteiger partial charge in [-0.15, -0.1) is 0 Å². The first-order valence-electron chi connectivity index (χ1n) is 6.06. The highest BCUT2D eigenvalue weighted by molar-refractivity contribution is 5.79. The maximum absolute atomic E-state index is 11.2. The Balaban J connectivity index is 2.07. The second kappa shape index (κ2) is 5.32. The third kappa shape index (κ3) is 3.07. The number of hydrogen-bond acceptors (Lipinski definition) is 3. The standard InChI is InChI=1S/C14H19NO2/c1-11-3-4-14(17-2)12(9-11)10-15-7-5-13(16)6-8-15/h3-4,9H,5-8,10H2,1-2H3. The second-order valence-corrected chi connectivity index (χ2v) is 4.63. The first-order valence-corrected chi connectivity index (χ1v) is 6.06. The van der Waals surface area contributed by atoms with Crippen molar-refractivity contribution in [1.82, 2.24) is 4.90 Å². The third-order valence-corrected chi connectivity index (χ3v) is 3.24. The Bertz CT molecular complexity index is 405. The summed E-state index contributed by atoms with van der Waals surface area (Å²) in [7, 11) is 1.70. The molecule has 1 saturated heterocycles. The average molecular weight is 233 g/mol. The number of ether oxygens (including phenoxy) is 1. The van der Waals surface area contributed by atoms with Gasteiger partial charge in [-0.3, -0.25) is 9.69 Å². The molecule has 0 atom stereocenters. The molecule has 3 heteroatoms. The van der Waals surface area contributed by atoms with Crippen LogP contribution in [0.4, 0.5) is 0 Å². The van der Waals surface area contributed by atoms with E-state index >= 15 is 0 Å². The predicted molar refractivity (Wildman–Crippen MR) is 67.2 cm³/mol. The maximum atomic E-state index is 11.2. The number of ketones is 1. The molecule has 0 aromatic heterocycles. The van der Waals surface area contributed by atoms with Crippen molar-refractivity contribution in [2.24, 2.45) is 0 Å². The smallest absolute Gasteiger partial charge is 0.135 e. The Morgan fingerprint density at radius 2 is 2.00 bits per heavy atom. The van der Waals surface area contributed by atoms with Crippen LogP contribution in [-0.4, -0.2) is 30.9 Å². The SMILES string of the molecule is COc1ccc(C)cc1CN1CCC(=O)CC1. The van der Waals surface area contributed by atoms with E-state index in [-0.39, 0.29) is 0 Å². The molecular formula is C14H19NO2. The second-order valence-electron chi connectivity index (χ2n) is 4.63. The van der Waals surface area contributed by atoms with Crippen LogP contribution in [0.3, 0.4) is 0 Å². The van der Waals surface area contributed by atoms with Crippen molar-refractivity contribution in [3.8, 4) is 5.75 Å². The van der Waals surface area contributed by atoms with Gasteiger partial charge in [0.05, 0.1) is 7.11 Å². The number of carbonyl (C=O) groups is 1. The van der Waals surface area contributed by atoms with Crippen LogP contribution >= 0.6 is 0 Å². The van der Waals surface area contributed by atoms with E-state index in [1.54, 1.807) is 7.11 Å². The van der Waals surface area contributed by atoms with Crippen molar-refractivity contribution >= 4 is 5.78 Å². The van der Waals surface area contributed by atoms with Crippen LogP contribution < -0.4 is 4.74 Å². The number of piperidine rings is 1. The van der Waals surface area contributed by atoms with Crippen molar-refractivity contribution in [3.63, 3.8) is 0 Å². The molecule has 0 N–H and O–H groups in total. The highest BCUT2D eigenvalue weighted by atomic mass is 16.5. The van der Waals surface area contributed by atoms with E-state index in [4.69, 9.17) is 4.74 Å². The van der Waals surface area contributed by atoms with Gasteiger partial charge >= 0.3 is 0 Å². The first kappa shape index (κ1) is 12.1. The van der Waals surface area contributed by atoms with Gasteiger partial charge in [-0.25, -0.2) is 0 Å². The summed E-state index contributed by atoms with van der Waals surface area (Å²) in [5.41, 5.74) is 2.45. The molecule has 1 aliphatic heterocycles. The Kier molecular flexibility index (Phi) is 3.79. The molecule has 92 valence electrons. The fourth-order valence-corrected chi connectivity index (χ4v) is 2.23. The minimum absolute atomic E-state index is 0.387. The summed E-state index contributed by atoms with van der Waals surface area (Å²) >= 11 is 0. The number of aryl methyl sites for hydroxylation is 1. The summed E-state index contributed by atoms with van der Waals surface area (Å²) < 4.78 is 5.37. The van der Waals surface area contributed by atoms with Crippen LogP contribution in [0.2, 0.25) is 0 Å². The van der Waals surface area contributed by atoms with Crippen LogP contribution in [0.15, 0.2) is 18.2 Å². The monoisotopic (exact) mass is 233 g/mol. The zero-order valence-electron chi connectivity index (χ0n) is 10.5. The van der Waals surface area contributed by atoms with Gasteiger partial charge in [-0.05, 0) is 13.0 Å². The number of hydrogen-bond donors (Lipinski definition) is 0. The molecule has 2 rings (SSSR count). The lowest BCUT2D eigenvalue weighted by molar-refractivity contribution is -0.121. The largest absolute Gasteiger partial charge is 0.496 e. The van der Waals surface area contributed by atoms with E-state index in [9.17, 15) is 4.79 Å². The van der Waals surface area contributed by atoms with Crippen molar-refractivity contribution in [2.75, 3.05) is 20.2 Å². The molecule has 0 spiro atoms. The minimum Gasteiger partial charge on any atom is -0.496 e. The molecule has 1 aromatic carbocycles. The number of likely N-dealkylation sites (tertiary alicyclic amines) is 1. The quantitative estimate of drug-likeness (QED) is 0.801. The van der Waals surface area contributed by atoms with Crippen LogP contribution in [0.1, 0.15) is 24.0 Å². The van der Waals surface area contributed by atoms with E-state index in [0.717, 1.165) is 25.4 Å².